The summed E-state index contributed by atoms with van der Waals surface area (Å²) >= 11 is 0. The van der Waals surface area contributed by atoms with Crippen molar-refractivity contribution in [1.82, 2.24) is 49.6 Å². The number of rotatable bonds is 23. The molecular weight excluding hydrogens is 867 g/mol. The number of likely N-dealkylation sites (tertiary alicyclic amines) is 1. The van der Waals surface area contributed by atoms with Gasteiger partial charge in [-0.2, -0.15) is 19.6 Å². The summed E-state index contributed by atoms with van der Waals surface area (Å²) in [7, 11) is 0. The number of carbonyl (C=O) groups is 5. The predicted octanol–water partition coefficient (Wildman–Crippen LogP) is 2.53. The quantitative estimate of drug-likeness (QED) is 0.0631. The molecule has 1 atom stereocenters. The van der Waals surface area contributed by atoms with Crippen LogP contribution >= 0.6 is 0 Å². The molecule has 354 valence electrons. The van der Waals surface area contributed by atoms with E-state index in [0.29, 0.717) is 51.5 Å². The first-order valence-corrected chi connectivity index (χ1v) is 22.6. The summed E-state index contributed by atoms with van der Waals surface area (Å²) in [5, 5.41) is 12.9. The number of carbonyl (C=O) groups excluding carboxylic acids is 5. The highest BCUT2D eigenvalue weighted by atomic mass is 16.5. The Morgan fingerprint density at radius 2 is 1.67 bits per heavy atom. The van der Waals surface area contributed by atoms with Crippen molar-refractivity contribution in [2.75, 3.05) is 77.7 Å². The smallest absolute Gasteiger partial charge is 0.322 e. The zero-order valence-electron chi connectivity index (χ0n) is 37.6. The molecule has 0 radical (unpaired) electrons. The molecule has 2 saturated heterocycles. The predicted molar refractivity (Wildman–Crippen MR) is 240 cm³/mol. The maximum absolute atomic E-state index is 13.2. The molecule has 0 spiro atoms. The SMILES string of the molecule is CC(C)c1cnn2c(NCc3ccccc3-n3ccnc3)nc(OC3CCN(CCOCCOCCOCCNC(=O)COc4cccc5c4C(=O)N(C4CCC(=O)NC4=O)C5=O)CC3)nc12. The van der Waals surface area contributed by atoms with Crippen LogP contribution in [0.15, 0.2) is 67.4 Å². The number of imide groups is 2. The Morgan fingerprint density at radius 3 is 2.43 bits per heavy atom. The standard InChI is InChI=1S/C46H55N11O10/c1-30(2)34-27-50-57-41(34)52-46(53-45(57)49-26-31-6-3-4-8-35(31)55-18-14-47-29-55)67-32-12-16-54(17-13-32)19-21-64-23-25-65-24-22-63-20-15-48-39(59)28-66-37-9-5-7-33-40(37)44(62)56(43(33)61)36-10-11-38(58)51-42(36)60/h3-9,14,18,27,29-30,32,36H,10-13,15-17,19-26,28H2,1-2H3,(H,48,59)(H,49,52,53)(H,51,58,60). The lowest BCUT2D eigenvalue weighted by Gasteiger charge is -2.31. The van der Waals surface area contributed by atoms with Crippen LogP contribution in [0, 0.1) is 0 Å². The van der Waals surface area contributed by atoms with Crippen LogP contribution in [0.25, 0.3) is 11.3 Å². The fourth-order valence-electron chi connectivity index (χ4n) is 8.13. The molecular formula is C46H55N11O10. The van der Waals surface area contributed by atoms with Gasteiger partial charge in [0.2, 0.25) is 17.8 Å². The normalized spacial score (nSPS) is 16.8. The van der Waals surface area contributed by atoms with Crippen molar-refractivity contribution < 1.29 is 47.7 Å². The van der Waals surface area contributed by atoms with Crippen molar-refractivity contribution in [3.63, 3.8) is 0 Å². The number of ether oxygens (including phenoxy) is 5. The number of hydrogen-bond acceptors (Lipinski definition) is 16. The fourth-order valence-corrected chi connectivity index (χ4v) is 8.13. The van der Waals surface area contributed by atoms with E-state index in [4.69, 9.17) is 33.7 Å². The van der Waals surface area contributed by atoms with Crippen molar-refractivity contribution >= 4 is 41.1 Å². The van der Waals surface area contributed by atoms with Gasteiger partial charge in [0.25, 0.3) is 17.7 Å². The second-order valence-electron chi connectivity index (χ2n) is 16.5. The molecule has 1 unspecified atom stereocenters. The number of fused-ring (bicyclic) bond motifs is 2. The minimum Gasteiger partial charge on any atom is -0.483 e. The van der Waals surface area contributed by atoms with Crippen LogP contribution in [0.4, 0.5) is 5.95 Å². The summed E-state index contributed by atoms with van der Waals surface area (Å²) in [6.07, 6.45) is 9.00. The van der Waals surface area contributed by atoms with Gasteiger partial charge in [-0.05, 0) is 48.9 Å². The number of aromatic nitrogens is 6. The minimum atomic E-state index is -1.10. The molecule has 8 rings (SSSR count). The van der Waals surface area contributed by atoms with E-state index in [-0.39, 0.29) is 54.9 Å². The Morgan fingerprint density at radius 1 is 0.896 bits per heavy atom. The van der Waals surface area contributed by atoms with Gasteiger partial charge in [0.1, 0.15) is 17.9 Å². The third kappa shape index (κ3) is 11.4. The Hall–Kier alpha value is -6.81. The van der Waals surface area contributed by atoms with Gasteiger partial charge in [0.05, 0.1) is 69.0 Å². The van der Waals surface area contributed by atoms with E-state index in [1.165, 1.54) is 18.2 Å². The van der Waals surface area contributed by atoms with E-state index in [0.717, 1.165) is 59.8 Å². The number of nitrogens with one attached hydrogen (secondary N) is 3. The van der Waals surface area contributed by atoms with Gasteiger partial charge in [-0.1, -0.05) is 38.1 Å². The van der Waals surface area contributed by atoms with Crippen LogP contribution in [0.1, 0.15) is 77.3 Å². The molecule has 0 bridgehead atoms. The maximum Gasteiger partial charge on any atom is 0.322 e. The molecule has 3 aromatic heterocycles. The van der Waals surface area contributed by atoms with Crippen molar-refractivity contribution in [1.29, 1.82) is 0 Å². The first kappa shape index (κ1) is 46.7. The third-order valence-electron chi connectivity index (χ3n) is 11.7. The van der Waals surface area contributed by atoms with Crippen molar-refractivity contribution in [3.8, 4) is 17.4 Å². The van der Waals surface area contributed by atoms with Crippen LogP contribution < -0.4 is 25.4 Å². The Bertz CT molecular complexity index is 2540. The second-order valence-corrected chi connectivity index (χ2v) is 16.5. The number of hydrogen-bond donors (Lipinski definition) is 3. The van der Waals surface area contributed by atoms with Gasteiger partial charge in [0, 0.05) is 57.1 Å². The summed E-state index contributed by atoms with van der Waals surface area (Å²) < 4.78 is 32.8. The number of piperidine rings is 2. The number of imidazole rings is 1. The Kier molecular flexibility index (Phi) is 15.4. The highest BCUT2D eigenvalue weighted by molar-refractivity contribution is 6.24. The Balaban J connectivity index is 0.672. The highest BCUT2D eigenvalue weighted by Crippen LogP contribution is 2.34. The number of anilines is 1. The molecule has 2 aromatic carbocycles. The molecule has 67 heavy (non-hydrogen) atoms. The van der Waals surface area contributed by atoms with Crippen LogP contribution in [0.2, 0.25) is 0 Å². The molecule has 0 saturated carbocycles. The lowest BCUT2D eigenvalue weighted by atomic mass is 10.0. The van der Waals surface area contributed by atoms with E-state index in [9.17, 15) is 24.0 Å². The number of benzene rings is 2. The van der Waals surface area contributed by atoms with Gasteiger partial charge >= 0.3 is 6.01 Å². The first-order chi connectivity index (χ1) is 32.6. The average Bonchev–Trinajstić information content (AvgIpc) is 4.08. The van der Waals surface area contributed by atoms with Crippen molar-refractivity contribution in [2.24, 2.45) is 0 Å². The van der Waals surface area contributed by atoms with Crippen LogP contribution in [-0.4, -0.2) is 153 Å². The number of amides is 5. The molecule has 21 heteroatoms. The van der Waals surface area contributed by atoms with E-state index in [1.54, 1.807) is 17.0 Å². The van der Waals surface area contributed by atoms with E-state index >= 15 is 0 Å². The monoisotopic (exact) mass is 921 g/mol. The van der Waals surface area contributed by atoms with Crippen LogP contribution in [-0.2, 0) is 35.1 Å². The molecule has 5 aromatic rings. The molecule has 21 nitrogen and oxygen atoms in total. The van der Waals surface area contributed by atoms with E-state index in [2.05, 4.69) is 56.9 Å². The van der Waals surface area contributed by atoms with Crippen LogP contribution in [0.5, 0.6) is 11.8 Å². The lowest BCUT2D eigenvalue weighted by molar-refractivity contribution is -0.136. The average molecular weight is 922 g/mol. The molecule has 0 aliphatic carbocycles. The first-order valence-electron chi connectivity index (χ1n) is 22.6. The van der Waals surface area contributed by atoms with Crippen molar-refractivity contribution in [3.05, 3.63) is 89.6 Å². The molecule has 3 aliphatic heterocycles. The molecule has 6 heterocycles. The number of para-hydroxylation sites is 1. The van der Waals surface area contributed by atoms with E-state index < -0.39 is 42.2 Å². The molecule has 3 aliphatic rings. The summed E-state index contributed by atoms with van der Waals surface area (Å²) in [6.45, 7) is 9.48. The van der Waals surface area contributed by atoms with Crippen LogP contribution in [0.3, 0.4) is 0 Å². The summed E-state index contributed by atoms with van der Waals surface area (Å²) in [5.74, 6) is -2.16. The fraction of sp³-hybridized carbons (Fsp3) is 0.457. The lowest BCUT2D eigenvalue weighted by Crippen LogP contribution is -2.54. The maximum atomic E-state index is 13.2. The third-order valence-corrected chi connectivity index (χ3v) is 11.7. The summed E-state index contributed by atoms with van der Waals surface area (Å²) in [4.78, 5) is 79.6. The Labute approximate surface area is 386 Å². The van der Waals surface area contributed by atoms with Crippen molar-refractivity contribution in [2.45, 2.75) is 64.1 Å². The van der Waals surface area contributed by atoms with E-state index in [1.807, 2.05) is 29.1 Å². The van der Waals surface area contributed by atoms with Gasteiger partial charge in [-0.15, -0.1) is 0 Å². The van der Waals surface area contributed by atoms with Gasteiger partial charge in [-0.25, -0.2) is 4.98 Å². The molecule has 3 N–H and O–H groups in total. The zero-order chi connectivity index (χ0) is 46.7. The summed E-state index contributed by atoms with van der Waals surface area (Å²) in [6, 6.07) is 11.8. The largest absolute Gasteiger partial charge is 0.483 e. The minimum absolute atomic E-state index is 0.0102. The van der Waals surface area contributed by atoms with Gasteiger partial charge < -0.3 is 43.8 Å². The topological polar surface area (TPSA) is 235 Å². The van der Waals surface area contributed by atoms with Gasteiger partial charge in [-0.3, -0.25) is 34.2 Å². The summed E-state index contributed by atoms with van der Waals surface area (Å²) in [5.41, 5.74) is 3.88. The number of nitrogens with zero attached hydrogens (tertiary/aromatic N) is 8. The van der Waals surface area contributed by atoms with Gasteiger partial charge in [0.15, 0.2) is 12.3 Å². The zero-order valence-corrected chi connectivity index (χ0v) is 37.6. The molecule has 5 amide bonds. The molecule has 2 fully saturated rings. The highest BCUT2D eigenvalue weighted by Gasteiger charge is 2.46. The second kappa shape index (κ2) is 22.1.